The van der Waals surface area contributed by atoms with E-state index in [2.05, 4.69) is 0 Å². The summed E-state index contributed by atoms with van der Waals surface area (Å²) in [4.78, 5) is 0. The second-order valence-corrected chi connectivity index (χ2v) is 7.84. The quantitative estimate of drug-likeness (QED) is 0.501. The Hall–Kier alpha value is -2.72. The van der Waals surface area contributed by atoms with Crippen molar-refractivity contribution >= 4 is 24.4 Å². The van der Waals surface area contributed by atoms with Gasteiger partial charge in [-0.05, 0) is 33.8 Å². The molecular formula is C18H16O3Si. The van der Waals surface area contributed by atoms with Crippen LogP contribution in [-0.4, -0.2) is 24.1 Å². The van der Waals surface area contributed by atoms with Crippen molar-refractivity contribution in [2.45, 2.75) is 0 Å². The standard InChI is InChI=1S/C18H16O3Si/c19-13-7-1-4-10-16(13)22(17-11-5-2-8-14(17)20)18-12-6-3-9-15(18)21/h1-12,19-22H. The molecule has 0 radical (unpaired) electrons. The van der Waals surface area contributed by atoms with Crippen LogP contribution in [0.25, 0.3) is 0 Å². The maximum atomic E-state index is 10.3. The van der Waals surface area contributed by atoms with Crippen LogP contribution in [-0.2, 0) is 0 Å². The molecule has 0 aromatic heterocycles. The summed E-state index contributed by atoms with van der Waals surface area (Å²) in [7, 11) is -2.18. The second-order valence-electron chi connectivity index (χ2n) is 5.11. The van der Waals surface area contributed by atoms with Crippen LogP contribution < -0.4 is 15.6 Å². The predicted octanol–water partition coefficient (Wildman–Crippen LogP) is 1.05. The molecule has 3 rings (SSSR count). The van der Waals surface area contributed by atoms with Gasteiger partial charge in [-0.3, -0.25) is 0 Å². The summed E-state index contributed by atoms with van der Waals surface area (Å²) in [6.07, 6.45) is 0. The van der Waals surface area contributed by atoms with Crippen molar-refractivity contribution in [1.82, 2.24) is 0 Å². The molecule has 0 heterocycles. The Kier molecular flexibility index (Phi) is 3.85. The average molecular weight is 308 g/mol. The van der Waals surface area contributed by atoms with E-state index >= 15 is 0 Å². The number of phenolic OH excluding ortho intramolecular Hbond substituents is 3. The van der Waals surface area contributed by atoms with Gasteiger partial charge in [0.2, 0.25) is 0 Å². The van der Waals surface area contributed by atoms with E-state index in [1.54, 1.807) is 36.4 Å². The van der Waals surface area contributed by atoms with Crippen LogP contribution in [0.3, 0.4) is 0 Å². The molecule has 0 spiro atoms. The Bertz CT molecular complexity index is 693. The number of phenols is 3. The molecule has 3 aromatic rings. The first-order valence-electron chi connectivity index (χ1n) is 7.02. The molecule has 3 aromatic carbocycles. The van der Waals surface area contributed by atoms with E-state index in [0.29, 0.717) is 0 Å². The highest BCUT2D eigenvalue weighted by atomic mass is 28.3. The molecule has 110 valence electrons. The smallest absolute Gasteiger partial charge is 0.147 e. The molecule has 0 saturated heterocycles. The fourth-order valence-corrected chi connectivity index (χ4v) is 5.79. The number of hydrogen-bond donors (Lipinski definition) is 3. The second kappa shape index (κ2) is 5.95. The topological polar surface area (TPSA) is 60.7 Å². The Balaban J connectivity index is 2.27. The predicted molar refractivity (Wildman–Crippen MR) is 90.4 cm³/mol. The zero-order chi connectivity index (χ0) is 15.5. The maximum absolute atomic E-state index is 10.3. The summed E-state index contributed by atoms with van der Waals surface area (Å²) < 4.78 is 0. The third kappa shape index (κ3) is 2.56. The van der Waals surface area contributed by atoms with E-state index in [9.17, 15) is 15.3 Å². The number of hydrogen-bond acceptors (Lipinski definition) is 3. The van der Waals surface area contributed by atoms with Crippen LogP contribution in [0.15, 0.2) is 72.8 Å². The van der Waals surface area contributed by atoms with Crippen molar-refractivity contribution in [2.24, 2.45) is 0 Å². The molecule has 0 aliphatic heterocycles. The van der Waals surface area contributed by atoms with E-state index in [0.717, 1.165) is 15.6 Å². The first-order chi connectivity index (χ1) is 10.7. The average Bonchev–Trinajstić information content (AvgIpc) is 2.53. The van der Waals surface area contributed by atoms with E-state index < -0.39 is 8.80 Å². The maximum Gasteiger partial charge on any atom is 0.147 e. The molecule has 0 bridgehead atoms. The van der Waals surface area contributed by atoms with E-state index in [1.807, 2.05) is 36.4 Å². The van der Waals surface area contributed by atoms with Crippen LogP contribution in [0.1, 0.15) is 0 Å². The number of rotatable bonds is 3. The minimum Gasteiger partial charge on any atom is -0.508 e. The Morgan fingerprint density at radius 3 is 1.00 bits per heavy atom. The molecule has 0 fully saturated rings. The van der Waals surface area contributed by atoms with Gasteiger partial charge in [-0.1, -0.05) is 54.6 Å². The van der Waals surface area contributed by atoms with Crippen LogP contribution in [0.5, 0.6) is 17.2 Å². The normalized spacial score (nSPS) is 10.8. The zero-order valence-corrected chi connectivity index (χ0v) is 13.0. The molecule has 22 heavy (non-hydrogen) atoms. The van der Waals surface area contributed by atoms with Crippen LogP contribution in [0.4, 0.5) is 0 Å². The van der Waals surface area contributed by atoms with Gasteiger partial charge < -0.3 is 15.3 Å². The fourth-order valence-electron chi connectivity index (χ4n) is 2.70. The Morgan fingerprint density at radius 1 is 0.455 bits per heavy atom. The largest absolute Gasteiger partial charge is 0.508 e. The van der Waals surface area contributed by atoms with Gasteiger partial charge in [-0.15, -0.1) is 0 Å². The van der Waals surface area contributed by atoms with Crippen molar-refractivity contribution in [3.05, 3.63) is 72.8 Å². The van der Waals surface area contributed by atoms with E-state index in [-0.39, 0.29) is 17.2 Å². The fraction of sp³-hybridized carbons (Fsp3) is 0. The zero-order valence-electron chi connectivity index (χ0n) is 11.8. The van der Waals surface area contributed by atoms with Crippen molar-refractivity contribution in [3.8, 4) is 17.2 Å². The molecular weight excluding hydrogens is 292 g/mol. The molecule has 0 aliphatic carbocycles. The van der Waals surface area contributed by atoms with Gasteiger partial charge >= 0.3 is 0 Å². The van der Waals surface area contributed by atoms with Crippen molar-refractivity contribution in [3.63, 3.8) is 0 Å². The highest BCUT2D eigenvalue weighted by Crippen LogP contribution is 2.14. The molecule has 0 saturated carbocycles. The SMILES string of the molecule is Oc1ccccc1[SiH](c1ccccc1O)c1ccccc1O. The molecule has 0 amide bonds. The van der Waals surface area contributed by atoms with Crippen molar-refractivity contribution in [1.29, 1.82) is 0 Å². The lowest BCUT2D eigenvalue weighted by atomic mass is 10.3. The molecule has 3 nitrogen and oxygen atoms in total. The summed E-state index contributed by atoms with van der Waals surface area (Å²) in [5.41, 5.74) is 0. The van der Waals surface area contributed by atoms with Gasteiger partial charge in [0, 0.05) is 0 Å². The summed E-state index contributed by atoms with van der Waals surface area (Å²) in [6, 6.07) is 21.3. The third-order valence-electron chi connectivity index (χ3n) is 3.74. The lowest BCUT2D eigenvalue weighted by Gasteiger charge is -2.20. The highest BCUT2D eigenvalue weighted by Gasteiger charge is 2.26. The molecule has 4 heteroatoms. The summed E-state index contributed by atoms with van der Waals surface area (Å²) in [5.74, 6) is 0.557. The highest BCUT2D eigenvalue weighted by molar-refractivity contribution is 6.97. The van der Waals surface area contributed by atoms with Gasteiger partial charge in [0.1, 0.15) is 26.0 Å². The first kappa shape index (κ1) is 14.2. The summed E-state index contributed by atoms with van der Waals surface area (Å²) in [6.45, 7) is 0. The van der Waals surface area contributed by atoms with Gasteiger partial charge in [0.05, 0.1) is 0 Å². The minimum absolute atomic E-state index is 0.186. The Morgan fingerprint density at radius 2 is 0.727 bits per heavy atom. The first-order valence-corrected chi connectivity index (χ1v) is 8.75. The van der Waals surface area contributed by atoms with Crippen molar-refractivity contribution in [2.75, 3.05) is 0 Å². The van der Waals surface area contributed by atoms with E-state index in [4.69, 9.17) is 0 Å². The van der Waals surface area contributed by atoms with Gasteiger partial charge in [-0.25, -0.2) is 0 Å². The third-order valence-corrected chi connectivity index (χ3v) is 7.07. The lowest BCUT2D eigenvalue weighted by molar-refractivity contribution is 0.477. The van der Waals surface area contributed by atoms with Gasteiger partial charge in [-0.2, -0.15) is 0 Å². The summed E-state index contributed by atoms with van der Waals surface area (Å²) >= 11 is 0. The molecule has 3 N–H and O–H groups in total. The van der Waals surface area contributed by atoms with Gasteiger partial charge in [0.15, 0.2) is 0 Å². The minimum atomic E-state index is -2.18. The van der Waals surface area contributed by atoms with Crippen molar-refractivity contribution < 1.29 is 15.3 Å². The molecule has 0 aliphatic rings. The monoisotopic (exact) mass is 308 g/mol. The number of para-hydroxylation sites is 3. The van der Waals surface area contributed by atoms with E-state index in [1.165, 1.54) is 0 Å². The van der Waals surface area contributed by atoms with Crippen LogP contribution in [0.2, 0.25) is 0 Å². The number of aromatic hydroxyl groups is 3. The van der Waals surface area contributed by atoms with Crippen LogP contribution in [0, 0.1) is 0 Å². The molecule has 0 atom stereocenters. The summed E-state index contributed by atoms with van der Waals surface area (Å²) in [5, 5.41) is 33.1. The van der Waals surface area contributed by atoms with Gasteiger partial charge in [0.25, 0.3) is 0 Å². The lowest BCUT2D eigenvalue weighted by Crippen LogP contribution is -2.52. The number of benzene rings is 3. The molecule has 0 unspecified atom stereocenters. The Labute approximate surface area is 130 Å². The van der Waals surface area contributed by atoms with Crippen LogP contribution >= 0.6 is 0 Å².